The normalized spacial score (nSPS) is 24.4. The second-order valence-electron chi connectivity index (χ2n) is 8.40. The smallest absolute Gasteiger partial charge is 0.309 e. The van der Waals surface area contributed by atoms with Crippen LogP contribution >= 0.6 is 0 Å². The van der Waals surface area contributed by atoms with Gasteiger partial charge in [0.25, 0.3) is 5.91 Å². The first-order valence-electron chi connectivity index (χ1n) is 10.3. The number of aromatic nitrogens is 4. The van der Waals surface area contributed by atoms with Crippen molar-refractivity contribution in [3.8, 4) is 0 Å². The van der Waals surface area contributed by atoms with Crippen LogP contribution in [-0.4, -0.2) is 44.7 Å². The molecule has 0 unspecified atom stereocenters. The number of fused-ring (bicyclic) bond motifs is 3. The second kappa shape index (κ2) is 7.04. The third-order valence-electron chi connectivity index (χ3n) is 6.55. The summed E-state index contributed by atoms with van der Waals surface area (Å²) in [5.74, 6) is 1.45. The van der Waals surface area contributed by atoms with E-state index < -0.39 is 11.9 Å². The number of nitrogens with zero attached hydrogens (tertiary/aromatic N) is 5. The van der Waals surface area contributed by atoms with Crippen LogP contribution in [0.5, 0.6) is 0 Å². The lowest BCUT2D eigenvalue weighted by molar-refractivity contribution is -0.120. The Balaban J connectivity index is 1.36. The van der Waals surface area contributed by atoms with Crippen molar-refractivity contribution in [3.05, 3.63) is 59.2 Å². The molecule has 1 aromatic carbocycles. The van der Waals surface area contributed by atoms with Crippen molar-refractivity contribution >= 4 is 17.6 Å². The van der Waals surface area contributed by atoms with Gasteiger partial charge in [0.15, 0.2) is 5.82 Å². The highest BCUT2D eigenvalue weighted by Gasteiger charge is 2.59. The molecule has 0 radical (unpaired) electrons. The average Bonchev–Trinajstić information content (AvgIpc) is 3.09. The summed E-state index contributed by atoms with van der Waals surface area (Å²) in [7, 11) is 3.67. The lowest BCUT2D eigenvalue weighted by Gasteiger charge is -2.22. The maximum Gasteiger partial charge on any atom is 0.309 e. The van der Waals surface area contributed by atoms with Crippen LogP contribution in [0.4, 0.5) is 5.82 Å². The molecule has 3 heterocycles. The Morgan fingerprint density at radius 3 is 2.68 bits per heavy atom. The quantitative estimate of drug-likeness (QED) is 0.690. The molecule has 160 valence electrons. The van der Waals surface area contributed by atoms with E-state index in [1.54, 1.807) is 11.9 Å². The summed E-state index contributed by atoms with van der Waals surface area (Å²) in [6.07, 6.45) is 0.439. The first-order valence-corrected chi connectivity index (χ1v) is 10.3. The van der Waals surface area contributed by atoms with Crippen molar-refractivity contribution in [3.63, 3.8) is 0 Å². The number of amides is 2. The summed E-state index contributed by atoms with van der Waals surface area (Å²) in [6, 6.07) is 9.01. The number of benzene rings is 1. The number of nitrogens with one attached hydrogen (secondary N) is 1. The predicted molar refractivity (Wildman–Crippen MR) is 112 cm³/mol. The van der Waals surface area contributed by atoms with Crippen molar-refractivity contribution in [1.82, 2.24) is 25.1 Å². The fraction of sp³-hybridized carbons (Fsp3) is 0.409. The predicted octanol–water partition coefficient (Wildman–Crippen LogP) is 1.83. The summed E-state index contributed by atoms with van der Waals surface area (Å²) < 4.78 is 7.61. The molecule has 0 bridgehead atoms. The lowest BCUT2D eigenvalue weighted by Crippen LogP contribution is -2.49. The van der Waals surface area contributed by atoms with Crippen LogP contribution in [0.3, 0.4) is 0 Å². The minimum atomic E-state index is -0.670. The molecule has 1 saturated carbocycles. The number of aryl methyl sites for hydroxylation is 1. The molecule has 4 atom stereocenters. The minimum Gasteiger partial charge on any atom is -0.417 e. The Bertz CT molecular complexity index is 1170. The van der Waals surface area contributed by atoms with Crippen molar-refractivity contribution in [1.29, 1.82) is 0 Å². The standard InChI is InChI=1S/C22H24N6O3/c1-11-15-16(11)18-19(23-12(2)27(18)3)28(4)22(30)17(15)24-20(29)21-26-25-14(31-21)10-13-8-6-5-7-9-13/h5-9,11,15-17H,10H2,1-4H3,(H,24,29)/t11-,15+,16-,17+/m1/s1. The third kappa shape index (κ3) is 3.11. The van der Waals surface area contributed by atoms with Crippen molar-refractivity contribution in [2.45, 2.75) is 32.2 Å². The van der Waals surface area contributed by atoms with Crippen LogP contribution in [0.2, 0.25) is 0 Å². The van der Waals surface area contributed by atoms with E-state index in [0.29, 0.717) is 18.1 Å². The monoisotopic (exact) mass is 420 g/mol. The van der Waals surface area contributed by atoms with Gasteiger partial charge in [-0.25, -0.2) is 4.98 Å². The molecule has 2 aliphatic rings. The number of anilines is 1. The van der Waals surface area contributed by atoms with Crippen molar-refractivity contribution < 1.29 is 14.0 Å². The molecule has 5 rings (SSSR count). The molecule has 2 amide bonds. The zero-order valence-electron chi connectivity index (χ0n) is 17.9. The van der Waals surface area contributed by atoms with E-state index >= 15 is 0 Å². The Morgan fingerprint density at radius 2 is 1.94 bits per heavy atom. The molecule has 1 aliphatic carbocycles. The third-order valence-corrected chi connectivity index (χ3v) is 6.55. The molecule has 31 heavy (non-hydrogen) atoms. The van der Waals surface area contributed by atoms with Gasteiger partial charge in [-0.15, -0.1) is 10.2 Å². The number of carbonyl (C=O) groups excluding carboxylic acids is 2. The molecule has 1 N–H and O–H groups in total. The second-order valence-corrected chi connectivity index (χ2v) is 8.40. The highest BCUT2D eigenvalue weighted by Crippen LogP contribution is 2.59. The van der Waals surface area contributed by atoms with Gasteiger partial charge in [-0.2, -0.15) is 0 Å². The number of carbonyl (C=O) groups is 2. The first-order chi connectivity index (χ1) is 14.9. The van der Waals surface area contributed by atoms with Crippen LogP contribution in [-0.2, 0) is 18.3 Å². The Morgan fingerprint density at radius 1 is 1.19 bits per heavy atom. The molecule has 0 spiro atoms. The summed E-state index contributed by atoms with van der Waals surface area (Å²) in [5.41, 5.74) is 2.06. The fourth-order valence-corrected chi connectivity index (χ4v) is 4.69. The van der Waals surface area contributed by atoms with E-state index in [0.717, 1.165) is 17.1 Å². The van der Waals surface area contributed by atoms with Crippen LogP contribution < -0.4 is 10.2 Å². The summed E-state index contributed by atoms with van der Waals surface area (Å²) in [6.45, 7) is 4.03. The maximum absolute atomic E-state index is 13.2. The zero-order chi connectivity index (χ0) is 21.9. The molecule has 3 aromatic rings. The largest absolute Gasteiger partial charge is 0.417 e. The van der Waals surface area contributed by atoms with E-state index in [-0.39, 0.29) is 29.6 Å². The summed E-state index contributed by atoms with van der Waals surface area (Å²) in [5, 5.41) is 10.7. The van der Waals surface area contributed by atoms with Gasteiger partial charge in [0, 0.05) is 25.9 Å². The first kappa shape index (κ1) is 19.5. The Kier molecular flexibility index (Phi) is 4.42. The SMILES string of the molecule is Cc1nc2c(n1C)[C@@H]1[C@H](C)[C@@H]1[C@H](NC(=O)c1nnc(Cc3ccccc3)o1)C(=O)N2C. The zero-order valence-corrected chi connectivity index (χ0v) is 17.9. The molecular weight excluding hydrogens is 396 g/mol. The number of likely N-dealkylation sites (N-methyl/N-ethyl adjacent to an activating group) is 1. The van der Waals surface area contributed by atoms with E-state index in [2.05, 4.69) is 27.4 Å². The molecule has 1 aliphatic heterocycles. The van der Waals surface area contributed by atoms with Gasteiger partial charge in [-0.05, 0) is 18.4 Å². The molecule has 2 aromatic heterocycles. The fourth-order valence-electron chi connectivity index (χ4n) is 4.69. The highest BCUT2D eigenvalue weighted by atomic mass is 16.4. The topological polar surface area (TPSA) is 106 Å². The van der Waals surface area contributed by atoms with Gasteiger partial charge in [0.1, 0.15) is 11.9 Å². The average molecular weight is 420 g/mol. The van der Waals surface area contributed by atoms with Crippen LogP contribution in [0.25, 0.3) is 0 Å². The van der Waals surface area contributed by atoms with Gasteiger partial charge in [0.2, 0.25) is 5.89 Å². The molecule has 0 saturated heterocycles. The molecule has 9 heteroatoms. The van der Waals surface area contributed by atoms with Crippen molar-refractivity contribution in [2.75, 3.05) is 11.9 Å². The van der Waals surface area contributed by atoms with Gasteiger partial charge >= 0.3 is 11.8 Å². The Labute approximate surface area is 179 Å². The maximum atomic E-state index is 13.2. The summed E-state index contributed by atoms with van der Waals surface area (Å²) in [4.78, 5) is 32.2. The van der Waals surface area contributed by atoms with Crippen LogP contribution in [0.15, 0.2) is 34.7 Å². The van der Waals surface area contributed by atoms with Gasteiger partial charge in [0.05, 0.1) is 12.1 Å². The molecule has 1 fully saturated rings. The number of rotatable bonds is 4. The van der Waals surface area contributed by atoms with E-state index in [1.807, 2.05) is 48.9 Å². The Hall–Kier alpha value is -3.49. The highest BCUT2D eigenvalue weighted by molar-refractivity contribution is 6.02. The van der Waals surface area contributed by atoms with Crippen LogP contribution in [0, 0.1) is 18.8 Å². The van der Waals surface area contributed by atoms with Crippen LogP contribution in [0.1, 0.15) is 46.5 Å². The number of hydrogen-bond donors (Lipinski definition) is 1. The van der Waals surface area contributed by atoms with E-state index in [1.165, 1.54) is 0 Å². The van der Waals surface area contributed by atoms with E-state index in [4.69, 9.17) is 4.42 Å². The molecule has 9 nitrogen and oxygen atoms in total. The summed E-state index contributed by atoms with van der Waals surface area (Å²) >= 11 is 0. The van der Waals surface area contributed by atoms with Gasteiger partial charge in [-0.1, -0.05) is 37.3 Å². The molecular formula is C22H24N6O3. The van der Waals surface area contributed by atoms with E-state index in [9.17, 15) is 9.59 Å². The van der Waals surface area contributed by atoms with Crippen molar-refractivity contribution in [2.24, 2.45) is 18.9 Å². The number of imidazole rings is 1. The van der Waals surface area contributed by atoms with Gasteiger partial charge in [-0.3, -0.25) is 14.5 Å². The number of hydrogen-bond acceptors (Lipinski definition) is 6. The lowest BCUT2D eigenvalue weighted by atomic mass is 10.1. The minimum absolute atomic E-state index is 0.00154. The van der Waals surface area contributed by atoms with Gasteiger partial charge < -0.3 is 14.3 Å².